The molecule has 0 unspecified atom stereocenters. The van der Waals surface area contributed by atoms with Gasteiger partial charge in [0.25, 0.3) is 0 Å². The molecule has 0 atom stereocenters. The van der Waals surface area contributed by atoms with Gasteiger partial charge in [-0.3, -0.25) is 4.79 Å². The van der Waals surface area contributed by atoms with Crippen molar-refractivity contribution in [2.45, 2.75) is 39.0 Å². The average molecular weight is 216 g/mol. The predicted octanol–water partition coefficient (Wildman–Crippen LogP) is 1.22. The van der Waals surface area contributed by atoms with Crippen molar-refractivity contribution in [3.63, 3.8) is 0 Å². The van der Waals surface area contributed by atoms with Crippen LogP contribution in [0.1, 0.15) is 39.0 Å². The third-order valence-corrected chi connectivity index (χ3v) is 2.20. The van der Waals surface area contributed by atoms with Crippen molar-refractivity contribution >= 4 is 5.97 Å². The van der Waals surface area contributed by atoms with Gasteiger partial charge in [-0.05, 0) is 6.42 Å². The van der Waals surface area contributed by atoms with Gasteiger partial charge in [-0.2, -0.15) is 0 Å². The van der Waals surface area contributed by atoms with Crippen molar-refractivity contribution in [2.75, 3.05) is 26.2 Å². The van der Waals surface area contributed by atoms with E-state index in [2.05, 4.69) is 17.6 Å². The van der Waals surface area contributed by atoms with Crippen molar-refractivity contribution in [1.82, 2.24) is 10.6 Å². The first kappa shape index (κ1) is 14.4. The standard InChI is InChI=1S/C7H14O2.C4H10N2/c1-2-3-4-5-6-7(8)9;1-2-6-4-3-5-1/h2-6H2,1H3,(H,8,9);5-6H,1-4H2. The Hall–Kier alpha value is -0.610. The van der Waals surface area contributed by atoms with Crippen molar-refractivity contribution in [3.05, 3.63) is 0 Å². The van der Waals surface area contributed by atoms with Gasteiger partial charge in [-0.15, -0.1) is 0 Å². The topological polar surface area (TPSA) is 61.4 Å². The van der Waals surface area contributed by atoms with Crippen LogP contribution in [0.25, 0.3) is 0 Å². The van der Waals surface area contributed by atoms with Crippen LogP contribution in [-0.4, -0.2) is 37.3 Å². The van der Waals surface area contributed by atoms with Crippen LogP contribution in [0, 0.1) is 0 Å². The summed E-state index contributed by atoms with van der Waals surface area (Å²) in [7, 11) is 0. The summed E-state index contributed by atoms with van der Waals surface area (Å²) < 4.78 is 0. The molecular weight excluding hydrogens is 192 g/mol. The predicted molar refractivity (Wildman–Crippen MR) is 62.1 cm³/mol. The smallest absolute Gasteiger partial charge is 0.303 e. The quantitative estimate of drug-likeness (QED) is 0.605. The molecule has 1 fully saturated rings. The number of rotatable bonds is 5. The van der Waals surface area contributed by atoms with E-state index in [4.69, 9.17) is 5.11 Å². The van der Waals surface area contributed by atoms with Gasteiger partial charge in [0.2, 0.25) is 0 Å². The van der Waals surface area contributed by atoms with Gasteiger partial charge in [0.05, 0.1) is 0 Å². The highest BCUT2D eigenvalue weighted by atomic mass is 16.4. The zero-order chi connectivity index (χ0) is 11.4. The van der Waals surface area contributed by atoms with Crippen molar-refractivity contribution < 1.29 is 9.90 Å². The molecule has 15 heavy (non-hydrogen) atoms. The maximum absolute atomic E-state index is 9.96. The minimum atomic E-state index is -0.675. The second kappa shape index (κ2) is 11.5. The first-order valence-electron chi connectivity index (χ1n) is 5.90. The van der Waals surface area contributed by atoms with E-state index in [-0.39, 0.29) is 0 Å². The lowest BCUT2D eigenvalue weighted by Crippen LogP contribution is -2.39. The Morgan fingerprint density at radius 1 is 1.07 bits per heavy atom. The molecule has 3 N–H and O–H groups in total. The van der Waals surface area contributed by atoms with Crippen LogP contribution in [0.2, 0.25) is 0 Å². The van der Waals surface area contributed by atoms with E-state index in [1.165, 1.54) is 6.42 Å². The Kier molecular flexibility index (Phi) is 11.0. The van der Waals surface area contributed by atoms with Gasteiger partial charge in [-0.25, -0.2) is 0 Å². The highest BCUT2D eigenvalue weighted by Gasteiger charge is 1.94. The summed E-state index contributed by atoms with van der Waals surface area (Å²) in [6.07, 6.45) is 4.55. The summed E-state index contributed by atoms with van der Waals surface area (Å²) in [5, 5.41) is 14.7. The summed E-state index contributed by atoms with van der Waals surface area (Å²) >= 11 is 0. The van der Waals surface area contributed by atoms with E-state index < -0.39 is 5.97 Å². The Morgan fingerprint density at radius 2 is 1.60 bits per heavy atom. The van der Waals surface area contributed by atoms with Crippen LogP contribution in [0.15, 0.2) is 0 Å². The summed E-state index contributed by atoms with van der Waals surface area (Å²) in [5.41, 5.74) is 0. The molecule has 0 aromatic rings. The summed E-state index contributed by atoms with van der Waals surface area (Å²) in [6, 6.07) is 0. The Balaban J connectivity index is 0.000000280. The molecule has 0 amide bonds. The fourth-order valence-corrected chi connectivity index (χ4v) is 1.31. The van der Waals surface area contributed by atoms with E-state index in [0.717, 1.165) is 45.4 Å². The monoisotopic (exact) mass is 216 g/mol. The molecular formula is C11H24N2O2. The lowest BCUT2D eigenvalue weighted by atomic mass is 10.2. The Bertz CT molecular complexity index is 136. The van der Waals surface area contributed by atoms with Crippen LogP contribution in [0.3, 0.4) is 0 Å². The molecule has 1 aliphatic rings. The fraction of sp³-hybridized carbons (Fsp3) is 0.909. The average Bonchev–Trinajstić information content (AvgIpc) is 2.28. The summed E-state index contributed by atoms with van der Waals surface area (Å²) in [5.74, 6) is -0.675. The maximum Gasteiger partial charge on any atom is 0.303 e. The number of hydrogen-bond donors (Lipinski definition) is 3. The number of carboxylic acids is 1. The second-order valence-electron chi connectivity index (χ2n) is 3.70. The zero-order valence-corrected chi connectivity index (χ0v) is 9.72. The van der Waals surface area contributed by atoms with E-state index in [9.17, 15) is 4.79 Å². The first-order chi connectivity index (χ1) is 7.27. The normalized spacial score (nSPS) is 15.3. The van der Waals surface area contributed by atoms with Crippen LogP contribution >= 0.6 is 0 Å². The number of hydrogen-bond acceptors (Lipinski definition) is 3. The molecule has 0 saturated carbocycles. The first-order valence-corrected chi connectivity index (χ1v) is 5.90. The number of carboxylic acid groups (broad SMARTS) is 1. The zero-order valence-electron chi connectivity index (χ0n) is 9.72. The maximum atomic E-state index is 9.96. The number of aliphatic carboxylic acids is 1. The van der Waals surface area contributed by atoms with Gasteiger partial charge in [0, 0.05) is 32.6 Å². The van der Waals surface area contributed by atoms with Gasteiger partial charge >= 0.3 is 5.97 Å². The number of carbonyl (C=O) groups is 1. The summed E-state index contributed by atoms with van der Waals surface area (Å²) in [6.45, 7) is 6.67. The van der Waals surface area contributed by atoms with Gasteiger partial charge in [0.1, 0.15) is 0 Å². The van der Waals surface area contributed by atoms with Crippen molar-refractivity contribution in [1.29, 1.82) is 0 Å². The number of unbranched alkanes of at least 4 members (excludes halogenated alkanes) is 3. The van der Waals surface area contributed by atoms with Gasteiger partial charge < -0.3 is 15.7 Å². The minimum absolute atomic E-state index is 0.333. The Morgan fingerprint density at radius 3 is 1.93 bits per heavy atom. The molecule has 0 radical (unpaired) electrons. The largest absolute Gasteiger partial charge is 0.481 e. The van der Waals surface area contributed by atoms with E-state index in [0.29, 0.717) is 6.42 Å². The summed E-state index contributed by atoms with van der Waals surface area (Å²) in [4.78, 5) is 9.96. The highest BCUT2D eigenvalue weighted by molar-refractivity contribution is 5.66. The van der Waals surface area contributed by atoms with Crippen LogP contribution < -0.4 is 10.6 Å². The van der Waals surface area contributed by atoms with Crippen LogP contribution in [0.5, 0.6) is 0 Å². The molecule has 0 aromatic heterocycles. The molecule has 1 heterocycles. The van der Waals surface area contributed by atoms with Crippen molar-refractivity contribution in [3.8, 4) is 0 Å². The van der Waals surface area contributed by atoms with Crippen LogP contribution in [-0.2, 0) is 4.79 Å². The molecule has 0 spiro atoms. The van der Waals surface area contributed by atoms with Crippen molar-refractivity contribution in [2.24, 2.45) is 0 Å². The van der Waals surface area contributed by atoms with Gasteiger partial charge in [-0.1, -0.05) is 26.2 Å². The lowest BCUT2D eigenvalue weighted by molar-refractivity contribution is -0.137. The number of nitrogens with one attached hydrogen (secondary N) is 2. The molecule has 0 bridgehead atoms. The molecule has 0 aliphatic carbocycles. The molecule has 0 aromatic carbocycles. The highest BCUT2D eigenvalue weighted by Crippen LogP contribution is 2.01. The number of piperazine rings is 1. The molecule has 90 valence electrons. The Labute approximate surface area is 92.4 Å². The minimum Gasteiger partial charge on any atom is -0.481 e. The molecule has 1 aliphatic heterocycles. The molecule has 1 rings (SSSR count). The van der Waals surface area contributed by atoms with E-state index >= 15 is 0 Å². The molecule has 4 nitrogen and oxygen atoms in total. The van der Waals surface area contributed by atoms with E-state index in [1.54, 1.807) is 0 Å². The third-order valence-electron chi connectivity index (χ3n) is 2.20. The lowest BCUT2D eigenvalue weighted by Gasteiger charge is -2.11. The second-order valence-corrected chi connectivity index (χ2v) is 3.70. The van der Waals surface area contributed by atoms with Gasteiger partial charge in [0.15, 0.2) is 0 Å². The molecule has 4 heteroatoms. The van der Waals surface area contributed by atoms with Crippen LogP contribution in [0.4, 0.5) is 0 Å². The van der Waals surface area contributed by atoms with E-state index in [1.807, 2.05) is 0 Å². The fourth-order valence-electron chi connectivity index (χ4n) is 1.31. The SMILES string of the molecule is C1CNCCN1.CCCCCCC(=O)O. The molecule has 1 saturated heterocycles. The third kappa shape index (κ3) is 13.4.